The average Bonchev–Trinajstić information content (AvgIpc) is 3.15. The summed E-state index contributed by atoms with van der Waals surface area (Å²) in [4.78, 5) is 27.1. The van der Waals surface area contributed by atoms with Crippen molar-refractivity contribution >= 4 is 29.4 Å². The number of carbonyl (C=O) groups is 2. The second-order valence-corrected chi connectivity index (χ2v) is 20.1. The third kappa shape index (κ3) is 25.7. The molecule has 0 aromatic heterocycles. The van der Waals surface area contributed by atoms with Crippen molar-refractivity contribution in [3.63, 3.8) is 0 Å². The van der Waals surface area contributed by atoms with Crippen molar-refractivity contribution in [2.75, 3.05) is 78.9 Å². The van der Waals surface area contributed by atoms with Crippen molar-refractivity contribution in [1.82, 2.24) is 21.3 Å². The van der Waals surface area contributed by atoms with Crippen molar-refractivity contribution in [2.45, 2.75) is 145 Å². The first-order valence-corrected chi connectivity index (χ1v) is 25.0. The lowest BCUT2D eigenvalue weighted by Crippen LogP contribution is -2.47. The first-order chi connectivity index (χ1) is 26.0. The molecule has 0 heterocycles. The van der Waals surface area contributed by atoms with Crippen LogP contribution in [0.3, 0.4) is 0 Å². The number of nitrogens with zero attached hydrogens (tertiary/aromatic N) is 2. The van der Waals surface area contributed by atoms with Crippen LogP contribution in [0.15, 0.2) is 10.2 Å². The van der Waals surface area contributed by atoms with Gasteiger partial charge in [0.2, 0.25) is 11.8 Å². The Morgan fingerprint density at radius 1 is 0.481 bits per heavy atom. The molecule has 2 unspecified atom stereocenters. The molecule has 0 saturated heterocycles. The molecule has 4 N–H and O–H groups in total. The van der Waals surface area contributed by atoms with Gasteiger partial charge in [0.05, 0.1) is 0 Å². The molecule has 0 bridgehead atoms. The van der Waals surface area contributed by atoms with E-state index in [9.17, 15) is 9.59 Å². The van der Waals surface area contributed by atoms with Gasteiger partial charge in [-0.15, -0.1) is 0 Å². The van der Waals surface area contributed by atoms with Gasteiger partial charge in [0.15, 0.2) is 12.1 Å². The van der Waals surface area contributed by atoms with Crippen molar-refractivity contribution in [1.29, 1.82) is 0 Å². The van der Waals surface area contributed by atoms with E-state index < -0.39 is 29.7 Å². The highest BCUT2D eigenvalue weighted by molar-refractivity contribution is 6.61. The fourth-order valence-electron chi connectivity index (χ4n) is 5.05. The topological polar surface area (TPSA) is 162 Å². The maximum Gasteiger partial charge on any atom is 0.501 e. The van der Waals surface area contributed by atoms with Gasteiger partial charge in [-0.25, -0.2) is 0 Å². The molecule has 0 rings (SSSR count). The first kappa shape index (κ1) is 52.7. The maximum atomic E-state index is 13.5. The zero-order valence-corrected chi connectivity index (χ0v) is 38.0. The van der Waals surface area contributed by atoms with E-state index in [0.29, 0.717) is 103 Å². The molecule has 16 heteroatoms. The number of rotatable bonds is 38. The molecule has 0 fully saturated rings. The van der Waals surface area contributed by atoms with E-state index in [4.69, 9.17) is 26.6 Å². The molecule has 2 amide bonds. The monoisotopic (exact) mass is 807 g/mol. The lowest BCUT2D eigenvalue weighted by molar-refractivity contribution is -0.123. The second kappa shape index (κ2) is 33.8. The van der Waals surface area contributed by atoms with Crippen LogP contribution in [0.2, 0.25) is 12.1 Å². The van der Waals surface area contributed by atoms with E-state index in [2.05, 4.69) is 101 Å². The molecular weight excluding hydrogens is 725 g/mol. The zero-order chi connectivity index (χ0) is 40.5. The molecule has 0 radical (unpaired) electrons. The minimum atomic E-state index is -2.87. The van der Waals surface area contributed by atoms with Gasteiger partial charge in [-0.2, -0.15) is 10.2 Å². The molecular formula is C38H82N6O8Si2. The van der Waals surface area contributed by atoms with Crippen LogP contribution in [-0.4, -0.2) is 120 Å². The third-order valence-electron chi connectivity index (χ3n) is 7.81. The molecule has 0 aliphatic carbocycles. The first-order valence-electron chi connectivity index (χ1n) is 21.2. The lowest BCUT2D eigenvalue weighted by atomic mass is 10.2. The summed E-state index contributed by atoms with van der Waals surface area (Å²) < 4.78 is 37.3. The molecule has 0 saturated carbocycles. The third-order valence-corrected chi connectivity index (χ3v) is 13.6. The van der Waals surface area contributed by atoms with Gasteiger partial charge >= 0.3 is 17.6 Å². The Hall–Kier alpha value is -1.35. The molecule has 14 nitrogen and oxygen atoms in total. The second-order valence-electron chi connectivity index (χ2n) is 14.6. The standard InChI is InChI=1S/C38H82N6O8Si2/c1-11-21-47-53(48-22-12-2,49-23-13-3)27-17-19-41-37(45)35(31-39-29-33(7)8)43-44-36(32-40-30-34(9)10)38(46)42-20-18-28-54(50-24-14-4,51-25-15-5)52-26-16-6/h33-36,39-40H,11-32H2,1-10H3,(H,41,45)(H,42,46). The molecule has 0 aromatic rings. The Bertz CT molecular complexity index is 838. The average molecular weight is 807 g/mol. The number of azo groups is 1. The van der Waals surface area contributed by atoms with Crippen LogP contribution in [0.1, 0.15) is 121 Å². The van der Waals surface area contributed by atoms with Gasteiger partial charge < -0.3 is 47.8 Å². The highest BCUT2D eigenvalue weighted by Crippen LogP contribution is 2.21. The summed E-state index contributed by atoms with van der Waals surface area (Å²) in [5.74, 6) is 0.293. The van der Waals surface area contributed by atoms with Gasteiger partial charge in [0, 0.05) is 77.9 Å². The van der Waals surface area contributed by atoms with Crippen LogP contribution < -0.4 is 21.3 Å². The van der Waals surface area contributed by atoms with E-state index in [-0.39, 0.29) is 11.8 Å². The van der Waals surface area contributed by atoms with Crippen LogP contribution in [0.4, 0.5) is 0 Å². The zero-order valence-electron chi connectivity index (χ0n) is 36.0. The predicted molar refractivity (Wildman–Crippen MR) is 222 cm³/mol. The molecule has 0 aliphatic heterocycles. The Morgan fingerprint density at radius 2 is 0.759 bits per heavy atom. The lowest BCUT2D eigenvalue weighted by Gasteiger charge is -2.29. The molecule has 0 spiro atoms. The van der Waals surface area contributed by atoms with E-state index in [0.717, 1.165) is 51.6 Å². The minimum Gasteiger partial charge on any atom is -0.373 e. The van der Waals surface area contributed by atoms with Crippen LogP contribution >= 0.6 is 0 Å². The summed E-state index contributed by atoms with van der Waals surface area (Å²) in [6, 6.07) is -0.384. The summed E-state index contributed by atoms with van der Waals surface area (Å²) in [6.07, 6.45) is 6.51. The summed E-state index contributed by atoms with van der Waals surface area (Å²) in [5, 5.41) is 21.8. The van der Waals surface area contributed by atoms with Gasteiger partial charge in [0.1, 0.15) is 0 Å². The van der Waals surface area contributed by atoms with Crippen LogP contribution in [0, 0.1) is 11.8 Å². The summed E-state index contributed by atoms with van der Waals surface area (Å²) in [7, 11) is -5.75. The number of amides is 2. The largest absolute Gasteiger partial charge is 0.501 e. The fraction of sp³-hybridized carbons (Fsp3) is 0.947. The summed E-state index contributed by atoms with van der Waals surface area (Å²) >= 11 is 0. The number of hydrogen-bond donors (Lipinski definition) is 4. The SMILES string of the molecule is CCCO[Si](CCCNC(=O)C(CNCC(C)C)N=NC(CNCC(C)C)C(=O)NCCC[Si](OCCC)(OCCC)OCCC)(OCCC)OCCC. The van der Waals surface area contributed by atoms with Crippen molar-refractivity contribution < 1.29 is 36.1 Å². The smallest absolute Gasteiger partial charge is 0.373 e. The Labute approximate surface area is 331 Å². The number of hydrogen-bond acceptors (Lipinski definition) is 12. The van der Waals surface area contributed by atoms with Crippen molar-refractivity contribution in [3.8, 4) is 0 Å². The van der Waals surface area contributed by atoms with E-state index in [1.54, 1.807) is 0 Å². The molecule has 2 atom stereocenters. The van der Waals surface area contributed by atoms with Gasteiger partial charge in [0.25, 0.3) is 0 Å². The van der Waals surface area contributed by atoms with E-state index >= 15 is 0 Å². The van der Waals surface area contributed by atoms with Crippen molar-refractivity contribution in [2.24, 2.45) is 22.1 Å². The van der Waals surface area contributed by atoms with Crippen LogP contribution in [0.5, 0.6) is 0 Å². The highest BCUT2D eigenvalue weighted by Gasteiger charge is 2.41. The number of nitrogens with one attached hydrogen (secondary N) is 4. The summed E-state index contributed by atoms with van der Waals surface area (Å²) in [5.41, 5.74) is 0. The minimum absolute atomic E-state index is 0.248. The van der Waals surface area contributed by atoms with Crippen LogP contribution in [-0.2, 0) is 36.1 Å². The number of carbonyl (C=O) groups excluding carboxylic acids is 2. The maximum absolute atomic E-state index is 13.5. The molecule has 0 aliphatic rings. The van der Waals surface area contributed by atoms with Gasteiger partial charge in [-0.1, -0.05) is 69.2 Å². The Morgan fingerprint density at radius 3 is 1.00 bits per heavy atom. The van der Waals surface area contributed by atoms with Gasteiger partial charge in [-0.3, -0.25) is 9.59 Å². The van der Waals surface area contributed by atoms with Gasteiger partial charge in [-0.05, 0) is 76.3 Å². The van der Waals surface area contributed by atoms with Crippen LogP contribution in [0.25, 0.3) is 0 Å². The molecule has 0 aromatic carbocycles. The highest BCUT2D eigenvalue weighted by atomic mass is 28.4. The predicted octanol–water partition coefficient (Wildman–Crippen LogP) is 6.12. The van der Waals surface area contributed by atoms with E-state index in [1.165, 1.54) is 0 Å². The quantitative estimate of drug-likeness (QED) is 0.0325. The van der Waals surface area contributed by atoms with E-state index in [1.807, 2.05) is 0 Å². The van der Waals surface area contributed by atoms with Crippen molar-refractivity contribution in [3.05, 3.63) is 0 Å². The molecule has 54 heavy (non-hydrogen) atoms. The Balaban J connectivity index is 5.79. The summed E-state index contributed by atoms with van der Waals surface area (Å²) in [6.45, 7) is 27.2. The fourth-order valence-corrected chi connectivity index (χ4v) is 10.7. The molecule has 320 valence electrons. The Kier molecular flexibility index (Phi) is 32.9. The normalized spacial score (nSPS) is 13.6.